The first kappa shape index (κ1) is 22.5. The lowest BCUT2D eigenvalue weighted by molar-refractivity contribution is 0.214. The lowest BCUT2D eigenvalue weighted by atomic mass is 9.94. The number of nitrogens with zero attached hydrogens (tertiary/aromatic N) is 3. The predicted octanol–water partition coefficient (Wildman–Crippen LogP) is 4.09. The van der Waals surface area contributed by atoms with E-state index in [0.717, 1.165) is 42.1 Å². The number of likely N-dealkylation sites (tertiary alicyclic amines) is 1. The van der Waals surface area contributed by atoms with Crippen LogP contribution in [0.3, 0.4) is 0 Å². The number of hydrogen-bond donors (Lipinski definition) is 1. The molecular weight excluding hydrogens is 447 g/mol. The lowest BCUT2D eigenvalue weighted by Gasteiger charge is -2.28. The first-order chi connectivity index (χ1) is 11.6. The number of aliphatic imine (C=N–C) groups is 1. The zero-order chi connectivity index (χ0) is 17.4. The van der Waals surface area contributed by atoms with E-state index in [2.05, 4.69) is 42.2 Å². The summed E-state index contributed by atoms with van der Waals surface area (Å²) in [6.45, 7) is 7.08. The predicted molar refractivity (Wildman–Crippen MR) is 119 cm³/mol. The van der Waals surface area contributed by atoms with Crippen molar-refractivity contribution in [2.24, 2.45) is 10.9 Å². The summed E-state index contributed by atoms with van der Waals surface area (Å²) >= 11 is 6.28. The quantitative estimate of drug-likeness (QED) is 0.380. The molecule has 1 aromatic carbocycles. The zero-order valence-electron chi connectivity index (χ0n) is 15.7. The number of benzene rings is 1. The van der Waals surface area contributed by atoms with Gasteiger partial charge in [0, 0.05) is 31.7 Å². The van der Waals surface area contributed by atoms with Crippen molar-refractivity contribution in [3.05, 3.63) is 34.9 Å². The minimum Gasteiger partial charge on any atom is -0.357 e. The Balaban J connectivity index is 0.00000312. The van der Waals surface area contributed by atoms with E-state index < -0.39 is 0 Å². The maximum absolute atomic E-state index is 6.28. The third-order valence-electron chi connectivity index (χ3n) is 4.70. The van der Waals surface area contributed by atoms with E-state index in [1.54, 1.807) is 0 Å². The van der Waals surface area contributed by atoms with Gasteiger partial charge in [-0.15, -0.1) is 24.0 Å². The molecule has 0 aromatic heterocycles. The third kappa shape index (κ3) is 7.71. The van der Waals surface area contributed by atoms with Gasteiger partial charge in [0.1, 0.15) is 0 Å². The molecule has 1 aliphatic heterocycles. The molecule has 0 saturated carbocycles. The molecule has 0 atom stereocenters. The first-order valence-electron chi connectivity index (χ1n) is 9.01. The van der Waals surface area contributed by atoms with Crippen LogP contribution in [-0.2, 0) is 6.54 Å². The van der Waals surface area contributed by atoms with E-state index in [9.17, 15) is 0 Å². The summed E-state index contributed by atoms with van der Waals surface area (Å²) in [5.41, 5.74) is 1.13. The molecule has 0 spiro atoms. The minimum absolute atomic E-state index is 0. The molecular formula is C19H32ClIN4. The van der Waals surface area contributed by atoms with E-state index >= 15 is 0 Å². The SMILES string of the molecule is CCNC(=NCCC1CCN(C)CC1)N(C)Cc1ccccc1Cl.I. The van der Waals surface area contributed by atoms with Crippen molar-refractivity contribution in [1.29, 1.82) is 0 Å². The van der Waals surface area contributed by atoms with Crippen molar-refractivity contribution >= 4 is 41.5 Å². The fourth-order valence-electron chi connectivity index (χ4n) is 3.13. The highest BCUT2D eigenvalue weighted by molar-refractivity contribution is 14.0. The summed E-state index contributed by atoms with van der Waals surface area (Å²) in [6, 6.07) is 8.00. The van der Waals surface area contributed by atoms with Crippen LogP contribution in [0.25, 0.3) is 0 Å². The van der Waals surface area contributed by atoms with Crippen molar-refractivity contribution in [2.75, 3.05) is 40.3 Å². The minimum atomic E-state index is 0. The van der Waals surface area contributed by atoms with Crippen LogP contribution in [-0.4, -0.2) is 56.0 Å². The van der Waals surface area contributed by atoms with Crippen molar-refractivity contribution in [1.82, 2.24) is 15.1 Å². The maximum Gasteiger partial charge on any atom is 0.193 e. The van der Waals surface area contributed by atoms with Gasteiger partial charge in [-0.05, 0) is 63.9 Å². The van der Waals surface area contributed by atoms with Crippen molar-refractivity contribution in [2.45, 2.75) is 32.7 Å². The molecule has 2 rings (SSSR count). The fourth-order valence-corrected chi connectivity index (χ4v) is 3.33. The van der Waals surface area contributed by atoms with Crippen molar-refractivity contribution in [3.63, 3.8) is 0 Å². The largest absolute Gasteiger partial charge is 0.357 e. The van der Waals surface area contributed by atoms with Gasteiger partial charge >= 0.3 is 0 Å². The molecule has 1 aromatic rings. The molecule has 1 heterocycles. The van der Waals surface area contributed by atoms with Crippen LogP contribution >= 0.6 is 35.6 Å². The van der Waals surface area contributed by atoms with Gasteiger partial charge in [0.25, 0.3) is 0 Å². The summed E-state index contributed by atoms with van der Waals surface area (Å²) in [5.74, 6) is 1.78. The molecule has 1 aliphatic rings. The molecule has 1 fully saturated rings. The standard InChI is InChI=1S/C19H31ClN4.HI/c1-4-21-19(22-12-9-16-10-13-23(2)14-11-16)24(3)15-17-7-5-6-8-18(17)20;/h5-8,16H,4,9-15H2,1-3H3,(H,21,22);1H. The van der Waals surface area contributed by atoms with E-state index in [-0.39, 0.29) is 24.0 Å². The molecule has 0 unspecified atom stereocenters. The van der Waals surface area contributed by atoms with Crippen LogP contribution in [0.2, 0.25) is 5.02 Å². The average Bonchev–Trinajstić information content (AvgIpc) is 2.58. The first-order valence-corrected chi connectivity index (χ1v) is 9.39. The maximum atomic E-state index is 6.28. The van der Waals surface area contributed by atoms with E-state index in [0.29, 0.717) is 0 Å². The highest BCUT2D eigenvalue weighted by atomic mass is 127. The Hall–Kier alpha value is -0.530. The van der Waals surface area contributed by atoms with E-state index in [1.807, 2.05) is 18.2 Å². The molecule has 0 amide bonds. The van der Waals surface area contributed by atoms with Crippen LogP contribution in [0.1, 0.15) is 31.7 Å². The molecule has 4 nitrogen and oxygen atoms in total. The average molecular weight is 479 g/mol. The monoisotopic (exact) mass is 478 g/mol. The zero-order valence-corrected chi connectivity index (χ0v) is 18.8. The van der Waals surface area contributed by atoms with Gasteiger partial charge in [0.15, 0.2) is 5.96 Å². The third-order valence-corrected chi connectivity index (χ3v) is 5.07. The second kappa shape index (κ2) is 12.0. The summed E-state index contributed by atoms with van der Waals surface area (Å²) < 4.78 is 0. The summed E-state index contributed by atoms with van der Waals surface area (Å²) in [5, 5.41) is 4.20. The lowest BCUT2D eigenvalue weighted by Crippen LogP contribution is -2.38. The Labute approximate surface area is 175 Å². The number of nitrogens with one attached hydrogen (secondary N) is 1. The second-order valence-electron chi connectivity index (χ2n) is 6.72. The smallest absolute Gasteiger partial charge is 0.193 e. The molecule has 0 bridgehead atoms. The normalized spacial score (nSPS) is 16.4. The molecule has 0 radical (unpaired) electrons. The highest BCUT2D eigenvalue weighted by Crippen LogP contribution is 2.19. The van der Waals surface area contributed by atoms with Crippen LogP contribution < -0.4 is 5.32 Å². The van der Waals surface area contributed by atoms with Crippen LogP contribution in [0.15, 0.2) is 29.3 Å². The van der Waals surface area contributed by atoms with Gasteiger partial charge in [-0.25, -0.2) is 0 Å². The van der Waals surface area contributed by atoms with Gasteiger partial charge in [-0.3, -0.25) is 4.99 Å². The number of piperidine rings is 1. The van der Waals surface area contributed by atoms with Gasteiger partial charge in [0.05, 0.1) is 0 Å². The van der Waals surface area contributed by atoms with Crippen molar-refractivity contribution < 1.29 is 0 Å². The molecule has 25 heavy (non-hydrogen) atoms. The van der Waals surface area contributed by atoms with Gasteiger partial charge in [-0.2, -0.15) is 0 Å². The second-order valence-corrected chi connectivity index (χ2v) is 7.13. The molecule has 0 aliphatic carbocycles. The summed E-state index contributed by atoms with van der Waals surface area (Å²) in [7, 11) is 4.28. The Morgan fingerprint density at radius 2 is 2.00 bits per heavy atom. The van der Waals surface area contributed by atoms with Gasteiger partial charge < -0.3 is 15.1 Å². The van der Waals surface area contributed by atoms with Crippen molar-refractivity contribution in [3.8, 4) is 0 Å². The molecule has 6 heteroatoms. The number of guanidine groups is 1. The Morgan fingerprint density at radius 1 is 1.32 bits per heavy atom. The van der Waals surface area contributed by atoms with E-state index in [1.165, 1.54) is 32.4 Å². The Morgan fingerprint density at radius 3 is 2.64 bits per heavy atom. The fraction of sp³-hybridized carbons (Fsp3) is 0.632. The van der Waals surface area contributed by atoms with Crippen LogP contribution in [0.5, 0.6) is 0 Å². The van der Waals surface area contributed by atoms with E-state index in [4.69, 9.17) is 16.6 Å². The molecule has 1 saturated heterocycles. The molecule has 1 N–H and O–H groups in total. The highest BCUT2D eigenvalue weighted by Gasteiger charge is 2.16. The van der Waals surface area contributed by atoms with Crippen LogP contribution in [0.4, 0.5) is 0 Å². The number of rotatable bonds is 6. The number of hydrogen-bond acceptors (Lipinski definition) is 2. The summed E-state index contributed by atoms with van der Waals surface area (Å²) in [6.07, 6.45) is 3.79. The van der Waals surface area contributed by atoms with Gasteiger partial charge in [0.2, 0.25) is 0 Å². The van der Waals surface area contributed by atoms with Crippen LogP contribution in [0, 0.1) is 5.92 Å². The Kier molecular flexibility index (Phi) is 10.8. The summed E-state index contributed by atoms with van der Waals surface area (Å²) in [4.78, 5) is 9.40. The Bertz CT molecular complexity index is 530. The van der Waals surface area contributed by atoms with Gasteiger partial charge in [-0.1, -0.05) is 29.8 Å². The molecule has 142 valence electrons. The topological polar surface area (TPSA) is 30.9 Å². The number of halogens is 2.